The maximum Gasteiger partial charge on any atom is 0.164 e. The topological polar surface area (TPSA) is 77.3 Å². The summed E-state index contributed by atoms with van der Waals surface area (Å²) in [4.78, 5) is 30.3. The van der Waals surface area contributed by atoms with Crippen LogP contribution in [0.4, 0.5) is 0 Å². The first-order valence-electron chi connectivity index (χ1n) is 20.6. The molecule has 2 saturated carbocycles. The molecule has 59 heavy (non-hydrogen) atoms. The van der Waals surface area contributed by atoms with E-state index in [-0.39, 0.29) is 0 Å². The molecule has 2 fully saturated rings. The van der Waals surface area contributed by atoms with Gasteiger partial charge in [0, 0.05) is 33.4 Å². The van der Waals surface area contributed by atoms with E-state index in [1.807, 2.05) is 78.9 Å². The summed E-state index contributed by atoms with van der Waals surface area (Å²) in [5, 5.41) is 2.19. The molecule has 0 unspecified atom stereocenters. The average molecular weight is 761 g/mol. The van der Waals surface area contributed by atoms with Gasteiger partial charge in [-0.2, -0.15) is 0 Å². The van der Waals surface area contributed by atoms with Gasteiger partial charge in [0.05, 0.1) is 0 Å². The minimum absolute atomic E-state index is 0.304. The molecule has 0 saturated heterocycles. The molecular formula is C53H40N6. The first-order valence-corrected chi connectivity index (χ1v) is 20.6. The van der Waals surface area contributed by atoms with Gasteiger partial charge in [0.1, 0.15) is 0 Å². The van der Waals surface area contributed by atoms with E-state index in [0.29, 0.717) is 40.4 Å². The van der Waals surface area contributed by atoms with E-state index >= 15 is 0 Å². The van der Waals surface area contributed by atoms with Gasteiger partial charge in [-0.25, -0.2) is 29.9 Å². The molecule has 9 aromatic rings. The van der Waals surface area contributed by atoms with Gasteiger partial charge in [-0.3, -0.25) is 0 Å². The smallest absolute Gasteiger partial charge is 0.164 e. The number of nitrogens with zero attached hydrogens (tertiary/aromatic N) is 6. The van der Waals surface area contributed by atoms with Crippen LogP contribution >= 0.6 is 0 Å². The third kappa shape index (κ3) is 6.57. The summed E-state index contributed by atoms with van der Waals surface area (Å²) in [6.07, 6.45) is 6.56. The molecule has 0 atom stereocenters. The van der Waals surface area contributed by atoms with E-state index < -0.39 is 0 Å². The highest BCUT2D eigenvalue weighted by Gasteiger charge is 2.45. The standard InChI is InChI=1S/C53H40N6/c1-4-13-37(14-5-1)47-54-50(57-51(56-47)41-19-12-20-42(33-41)53-31-29-35(34-53)30-32-53)40-25-23-36(24-26-40)43-27-28-46(45-22-11-10-21-44(43)45)52-58-48(38-15-6-2-7-16-38)55-49(59-52)39-17-8-3-9-18-39/h1-28,33,35H,29-32,34H2. The van der Waals surface area contributed by atoms with Gasteiger partial charge < -0.3 is 0 Å². The zero-order valence-corrected chi connectivity index (χ0v) is 32.5. The number of rotatable bonds is 8. The average Bonchev–Trinajstić information content (AvgIpc) is 3.95. The van der Waals surface area contributed by atoms with Crippen LogP contribution in [-0.4, -0.2) is 29.9 Å². The fraction of sp³-hybridized carbons (Fsp3) is 0.132. The monoisotopic (exact) mass is 760 g/mol. The summed E-state index contributed by atoms with van der Waals surface area (Å²) in [7, 11) is 0. The Labute approximate surface area is 343 Å². The maximum atomic E-state index is 5.14. The second kappa shape index (κ2) is 14.6. The van der Waals surface area contributed by atoms with E-state index in [0.717, 1.165) is 61.2 Å². The lowest BCUT2D eigenvalue weighted by molar-refractivity contribution is 0.419. The number of aromatic nitrogens is 6. The molecule has 7 aromatic carbocycles. The number of benzene rings is 7. The molecule has 0 N–H and O–H groups in total. The van der Waals surface area contributed by atoms with Crippen LogP contribution in [0, 0.1) is 5.92 Å². The number of fused-ring (bicyclic) bond motifs is 3. The van der Waals surface area contributed by atoms with Gasteiger partial charge in [-0.1, -0.05) is 164 Å². The molecule has 2 aromatic heterocycles. The Bertz CT molecular complexity index is 2900. The highest BCUT2D eigenvalue weighted by Crippen LogP contribution is 2.55. The van der Waals surface area contributed by atoms with Gasteiger partial charge in [0.25, 0.3) is 0 Å². The van der Waals surface area contributed by atoms with Gasteiger partial charge in [-0.05, 0) is 83.0 Å². The van der Waals surface area contributed by atoms with Crippen LogP contribution in [0.2, 0.25) is 0 Å². The van der Waals surface area contributed by atoms with Crippen molar-refractivity contribution in [3.63, 3.8) is 0 Å². The molecule has 2 aliphatic carbocycles. The van der Waals surface area contributed by atoms with Crippen molar-refractivity contribution in [3.8, 4) is 79.5 Å². The van der Waals surface area contributed by atoms with Crippen molar-refractivity contribution in [2.75, 3.05) is 0 Å². The van der Waals surface area contributed by atoms with Crippen LogP contribution in [0.5, 0.6) is 0 Å². The first kappa shape index (κ1) is 35.0. The van der Waals surface area contributed by atoms with Crippen LogP contribution in [0.3, 0.4) is 0 Å². The fourth-order valence-corrected chi connectivity index (χ4v) is 9.41. The van der Waals surface area contributed by atoms with E-state index in [9.17, 15) is 0 Å². The minimum atomic E-state index is 0.304. The van der Waals surface area contributed by atoms with E-state index in [1.165, 1.54) is 37.7 Å². The highest BCUT2D eigenvalue weighted by atomic mass is 15.0. The molecule has 282 valence electrons. The van der Waals surface area contributed by atoms with Crippen molar-refractivity contribution in [2.24, 2.45) is 5.92 Å². The zero-order chi connectivity index (χ0) is 39.2. The summed E-state index contributed by atoms with van der Waals surface area (Å²) >= 11 is 0. The molecule has 2 aliphatic rings. The van der Waals surface area contributed by atoms with Crippen LogP contribution in [0.1, 0.15) is 37.7 Å². The summed E-state index contributed by atoms with van der Waals surface area (Å²) < 4.78 is 0. The highest BCUT2D eigenvalue weighted by molar-refractivity contribution is 6.04. The molecule has 6 nitrogen and oxygen atoms in total. The molecule has 0 amide bonds. The van der Waals surface area contributed by atoms with E-state index in [4.69, 9.17) is 29.9 Å². The Hall–Kier alpha value is -7.18. The third-order valence-corrected chi connectivity index (χ3v) is 12.5. The Balaban J connectivity index is 0.976. The molecular weight excluding hydrogens is 721 g/mol. The number of hydrogen-bond acceptors (Lipinski definition) is 6. The molecule has 11 rings (SSSR count). The largest absolute Gasteiger partial charge is 0.208 e. The lowest BCUT2D eigenvalue weighted by Gasteiger charge is -2.27. The van der Waals surface area contributed by atoms with Crippen LogP contribution in [-0.2, 0) is 5.41 Å². The Kier molecular flexibility index (Phi) is 8.69. The van der Waals surface area contributed by atoms with Crippen molar-refractivity contribution >= 4 is 10.8 Å². The quantitative estimate of drug-likeness (QED) is 0.153. The predicted molar refractivity (Wildman–Crippen MR) is 237 cm³/mol. The van der Waals surface area contributed by atoms with E-state index in [1.54, 1.807) is 0 Å². The Morgan fingerprint density at radius 3 is 1.25 bits per heavy atom. The van der Waals surface area contributed by atoms with Crippen molar-refractivity contribution in [1.82, 2.24) is 29.9 Å². The molecule has 6 heteroatoms. The molecule has 0 aliphatic heterocycles. The Morgan fingerprint density at radius 2 is 0.746 bits per heavy atom. The SMILES string of the molecule is c1ccc(-c2nc(-c3ccc(-c4ccc(-c5nc(-c6ccccc6)nc(-c6ccccc6)n5)c5ccccc45)cc3)nc(-c3cccc(C45CCC(CC4)C5)c3)n2)cc1. The van der Waals surface area contributed by atoms with Crippen LogP contribution in [0.25, 0.3) is 90.2 Å². The van der Waals surface area contributed by atoms with Crippen molar-refractivity contribution in [2.45, 2.75) is 37.5 Å². The van der Waals surface area contributed by atoms with Crippen LogP contribution < -0.4 is 0 Å². The summed E-state index contributed by atoms with van der Waals surface area (Å²) in [6.45, 7) is 0. The predicted octanol–water partition coefficient (Wildman–Crippen LogP) is 12.7. The number of hydrogen-bond donors (Lipinski definition) is 0. The second-order valence-electron chi connectivity index (χ2n) is 16.0. The van der Waals surface area contributed by atoms with Gasteiger partial charge >= 0.3 is 0 Å². The molecule has 2 heterocycles. The van der Waals surface area contributed by atoms with Crippen molar-refractivity contribution in [3.05, 3.63) is 181 Å². The van der Waals surface area contributed by atoms with Crippen molar-refractivity contribution < 1.29 is 0 Å². The lowest BCUT2D eigenvalue weighted by atomic mass is 9.77. The van der Waals surface area contributed by atoms with Crippen molar-refractivity contribution in [1.29, 1.82) is 0 Å². The van der Waals surface area contributed by atoms with Gasteiger partial charge in [-0.15, -0.1) is 0 Å². The Morgan fingerprint density at radius 1 is 0.339 bits per heavy atom. The van der Waals surface area contributed by atoms with E-state index in [2.05, 4.69) is 97.1 Å². The minimum Gasteiger partial charge on any atom is -0.208 e. The normalized spacial score (nSPS) is 17.1. The summed E-state index contributed by atoms with van der Waals surface area (Å²) in [5.74, 6) is 4.83. The van der Waals surface area contributed by atoms with Crippen LogP contribution in [0.15, 0.2) is 176 Å². The summed E-state index contributed by atoms with van der Waals surface area (Å²) in [6, 6.07) is 60.8. The van der Waals surface area contributed by atoms with Gasteiger partial charge in [0.15, 0.2) is 34.9 Å². The maximum absolute atomic E-state index is 5.14. The lowest BCUT2D eigenvalue weighted by Crippen LogP contribution is -2.19. The summed E-state index contributed by atoms with van der Waals surface area (Å²) in [5.41, 5.74) is 9.74. The molecule has 0 radical (unpaired) electrons. The molecule has 2 bridgehead atoms. The zero-order valence-electron chi connectivity index (χ0n) is 32.5. The first-order chi connectivity index (χ1) is 29.2. The molecule has 0 spiro atoms. The van der Waals surface area contributed by atoms with Gasteiger partial charge in [0.2, 0.25) is 0 Å². The fourth-order valence-electron chi connectivity index (χ4n) is 9.41. The second-order valence-corrected chi connectivity index (χ2v) is 16.0. The third-order valence-electron chi connectivity index (χ3n) is 12.5.